The number of thiophene rings is 1. The van der Waals surface area contributed by atoms with Crippen molar-refractivity contribution in [1.29, 1.82) is 0 Å². The topological polar surface area (TPSA) is 89.6 Å². The zero-order valence-electron chi connectivity index (χ0n) is 19.4. The molecule has 0 aliphatic carbocycles. The highest BCUT2D eigenvalue weighted by molar-refractivity contribution is 7.15. The number of hydrogen-bond donors (Lipinski definition) is 1. The molecular formula is C26H24N4O3S. The molecule has 1 aliphatic heterocycles. The van der Waals surface area contributed by atoms with Crippen molar-refractivity contribution in [2.45, 2.75) is 33.2 Å². The number of rotatable bonds is 5. The Bertz CT molecular complexity index is 1420. The molecule has 0 spiro atoms. The van der Waals surface area contributed by atoms with Gasteiger partial charge in [-0.25, -0.2) is 0 Å². The van der Waals surface area contributed by atoms with Crippen LogP contribution in [0.5, 0.6) is 5.75 Å². The van der Waals surface area contributed by atoms with E-state index in [1.54, 1.807) is 18.4 Å². The average Bonchev–Trinajstić information content (AvgIpc) is 3.31. The Labute approximate surface area is 201 Å². The van der Waals surface area contributed by atoms with Gasteiger partial charge in [-0.1, -0.05) is 36.4 Å². The molecule has 0 fully saturated rings. The smallest absolute Gasteiger partial charge is 0.306 e. The van der Waals surface area contributed by atoms with Crippen LogP contribution in [0.4, 0.5) is 0 Å². The molecule has 0 bridgehead atoms. The summed E-state index contributed by atoms with van der Waals surface area (Å²) in [6.45, 7) is 6.06. The summed E-state index contributed by atoms with van der Waals surface area (Å²) in [6, 6.07) is 15.5. The van der Waals surface area contributed by atoms with Crippen LogP contribution in [0.3, 0.4) is 0 Å². The highest BCUT2D eigenvalue weighted by Crippen LogP contribution is 2.39. The standard InChI is InChI=1S/C26H24N4O3S/c1-14-15(2)34-26-23(14)24(27-21(13-22(31)32)25-29-28-16(3)30(25)26)19-7-5-17(6-8-19)18-9-11-20(33-4)12-10-18/h5-12,21H,13H2,1-4H3,(H,31,32)/t21-/m0/s1. The van der Waals surface area contributed by atoms with Gasteiger partial charge in [0.15, 0.2) is 5.82 Å². The molecule has 1 aliphatic rings. The lowest BCUT2D eigenvalue weighted by Gasteiger charge is -2.11. The van der Waals surface area contributed by atoms with E-state index in [0.717, 1.165) is 50.1 Å². The van der Waals surface area contributed by atoms with Gasteiger partial charge in [-0.2, -0.15) is 0 Å². The molecule has 4 aromatic rings. The van der Waals surface area contributed by atoms with E-state index in [9.17, 15) is 9.90 Å². The predicted octanol–water partition coefficient (Wildman–Crippen LogP) is 5.30. The molecule has 34 heavy (non-hydrogen) atoms. The minimum atomic E-state index is -0.923. The predicted molar refractivity (Wildman–Crippen MR) is 133 cm³/mol. The minimum absolute atomic E-state index is 0.154. The van der Waals surface area contributed by atoms with Crippen molar-refractivity contribution >= 4 is 23.0 Å². The molecule has 3 heterocycles. The van der Waals surface area contributed by atoms with Gasteiger partial charge in [0.05, 0.1) is 19.2 Å². The van der Waals surface area contributed by atoms with E-state index in [0.29, 0.717) is 5.82 Å². The number of aryl methyl sites for hydroxylation is 2. The summed E-state index contributed by atoms with van der Waals surface area (Å²) in [4.78, 5) is 17.9. The van der Waals surface area contributed by atoms with Crippen LogP contribution >= 0.6 is 11.3 Å². The van der Waals surface area contributed by atoms with Crippen molar-refractivity contribution in [1.82, 2.24) is 14.8 Å². The van der Waals surface area contributed by atoms with Crippen LogP contribution in [0.25, 0.3) is 16.1 Å². The van der Waals surface area contributed by atoms with Gasteiger partial charge in [0, 0.05) is 16.0 Å². The molecule has 2 aromatic heterocycles. The fourth-order valence-corrected chi connectivity index (χ4v) is 5.51. The van der Waals surface area contributed by atoms with Crippen LogP contribution in [0.2, 0.25) is 0 Å². The van der Waals surface area contributed by atoms with E-state index in [2.05, 4.69) is 36.2 Å². The Hall–Kier alpha value is -3.78. The number of methoxy groups -OCH3 is 1. The second-order valence-corrected chi connectivity index (χ2v) is 9.50. The van der Waals surface area contributed by atoms with Gasteiger partial charge in [0.1, 0.15) is 22.6 Å². The highest BCUT2D eigenvalue weighted by Gasteiger charge is 2.32. The number of fused-ring (bicyclic) bond motifs is 3. The van der Waals surface area contributed by atoms with Gasteiger partial charge < -0.3 is 9.84 Å². The Morgan fingerprint density at radius 1 is 1.00 bits per heavy atom. The number of ether oxygens (including phenoxy) is 1. The summed E-state index contributed by atoms with van der Waals surface area (Å²) in [5.74, 6) is 1.18. The molecule has 8 heteroatoms. The van der Waals surface area contributed by atoms with Crippen LogP contribution in [-0.2, 0) is 4.79 Å². The maximum absolute atomic E-state index is 11.7. The molecule has 1 N–H and O–H groups in total. The summed E-state index contributed by atoms with van der Waals surface area (Å²) in [5, 5.41) is 19.1. The van der Waals surface area contributed by atoms with Gasteiger partial charge >= 0.3 is 5.97 Å². The number of aromatic nitrogens is 3. The van der Waals surface area contributed by atoms with Crippen molar-refractivity contribution in [3.05, 3.63) is 81.7 Å². The lowest BCUT2D eigenvalue weighted by atomic mass is 9.97. The zero-order chi connectivity index (χ0) is 24.0. The van der Waals surface area contributed by atoms with E-state index < -0.39 is 12.0 Å². The Morgan fingerprint density at radius 2 is 1.62 bits per heavy atom. The summed E-state index contributed by atoms with van der Waals surface area (Å²) in [7, 11) is 1.65. The minimum Gasteiger partial charge on any atom is -0.497 e. The molecule has 0 saturated heterocycles. The first-order valence-electron chi connectivity index (χ1n) is 10.9. The van der Waals surface area contributed by atoms with Gasteiger partial charge in [0.25, 0.3) is 0 Å². The SMILES string of the molecule is COc1ccc(-c2ccc(C3=N[C@@H](CC(=O)O)c4nnc(C)n4-c4sc(C)c(C)c43)cc2)cc1. The van der Waals surface area contributed by atoms with E-state index in [-0.39, 0.29) is 6.42 Å². The maximum Gasteiger partial charge on any atom is 0.306 e. The van der Waals surface area contributed by atoms with Gasteiger partial charge in [0.2, 0.25) is 0 Å². The van der Waals surface area contributed by atoms with Crippen LogP contribution < -0.4 is 4.74 Å². The lowest BCUT2D eigenvalue weighted by Crippen LogP contribution is -2.10. The van der Waals surface area contributed by atoms with Crippen molar-refractivity contribution in [3.63, 3.8) is 0 Å². The van der Waals surface area contributed by atoms with Crippen molar-refractivity contribution < 1.29 is 14.6 Å². The molecule has 5 rings (SSSR count). The molecule has 0 unspecified atom stereocenters. The molecule has 172 valence electrons. The van der Waals surface area contributed by atoms with E-state index in [4.69, 9.17) is 9.73 Å². The van der Waals surface area contributed by atoms with E-state index >= 15 is 0 Å². The van der Waals surface area contributed by atoms with Crippen molar-refractivity contribution in [3.8, 4) is 21.9 Å². The van der Waals surface area contributed by atoms with E-state index in [1.165, 1.54) is 4.88 Å². The molecule has 2 aromatic carbocycles. The number of benzene rings is 2. The van der Waals surface area contributed by atoms with Crippen molar-refractivity contribution in [2.24, 2.45) is 4.99 Å². The molecule has 0 saturated carbocycles. The molecule has 1 atom stereocenters. The fraction of sp³-hybridized carbons (Fsp3) is 0.231. The van der Waals surface area contributed by atoms with Crippen molar-refractivity contribution in [2.75, 3.05) is 7.11 Å². The third kappa shape index (κ3) is 3.70. The highest BCUT2D eigenvalue weighted by atomic mass is 32.1. The number of carbonyl (C=O) groups is 1. The molecule has 0 radical (unpaired) electrons. The van der Waals surface area contributed by atoms with Gasteiger partial charge in [-0.3, -0.25) is 14.4 Å². The van der Waals surface area contributed by atoms with Crippen LogP contribution in [0, 0.1) is 20.8 Å². The fourth-order valence-electron chi connectivity index (χ4n) is 4.29. The quantitative estimate of drug-likeness (QED) is 0.426. The second kappa shape index (κ2) is 8.53. The number of aliphatic imine (C=N–C) groups is 1. The first-order valence-corrected chi connectivity index (χ1v) is 11.8. The average molecular weight is 473 g/mol. The number of hydrogen-bond acceptors (Lipinski definition) is 6. The molecule has 0 amide bonds. The number of aliphatic carboxylic acids is 1. The normalized spacial score (nSPS) is 14.7. The van der Waals surface area contributed by atoms with Crippen LogP contribution in [0.15, 0.2) is 53.5 Å². The second-order valence-electron chi connectivity index (χ2n) is 8.30. The Kier molecular flexibility index (Phi) is 5.53. The van der Waals surface area contributed by atoms with Crippen LogP contribution in [0.1, 0.15) is 45.7 Å². The number of nitrogens with zero attached hydrogens (tertiary/aromatic N) is 4. The lowest BCUT2D eigenvalue weighted by molar-refractivity contribution is -0.137. The number of carboxylic acids is 1. The summed E-state index contributed by atoms with van der Waals surface area (Å²) in [5.41, 5.74) is 6.03. The number of carboxylic acid groups (broad SMARTS) is 1. The molecule has 7 nitrogen and oxygen atoms in total. The van der Waals surface area contributed by atoms with Gasteiger partial charge in [-0.05, 0) is 49.6 Å². The summed E-state index contributed by atoms with van der Waals surface area (Å²) >= 11 is 1.66. The monoisotopic (exact) mass is 472 g/mol. The summed E-state index contributed by atoms with van der Waals surface area (Å²) in [6.07, 6.45) is -0.154. The first kappa shape index (κ1) is 22.0. The Balaban J connectivity index is 1.65. The maximum atomic E-state index is 11.7. The third-order valence-electron chi connectivity index (χ3n) is 6.19. The molecular weight excluding hydrogens is 448 g/mol. The van der Waals surface area contributed by atoms with E-state index in [1.807, 2.05) is 47.9 Å². The Morgan fingerprint density at radius 3 is 2.24 bits per heavy atom. The van der Waals surface area contributed by atoms with Gasteiger partial charge in [-0.15, -0.1) is 21.5 Å². The first-order chi connectivity index (χ1) is 16.4. The van der Waals surface area contributed by atoms with Crippen LogP contribution in [-0.4, -0.2) is 38.7 Å². The largest absolute Gasteiger partial charge is 0.497 e. The third-order valence-corrected chi connectivity index (χ3v) is 7.38. The summed E-state index contributed by atoms with van der Waals surface area (Å²) < 4.78 is 7.23. The zero-order valence-corrected chi connectivity index (χ0v) is 20.2.